The normalized spacial score (nSPS) is 11.2. The van der Waals surface area contributed by atoms with E-state index in [9.17, 15) is 0 Å². The van der Waals surface area contributed by atoms with Crippen molar-refractivity contribution in [3.05, 3.63) is 53.8 Å². The van der Waals surface area contributed by atoms with Crippen LogP contribution in [-0.2, 0) is 0 Å². The second-order valence-electron chi connectivity index (χ2n) is 4.33. The molecule has 96 valence electrons. The predicted octanol–water partition coefficient (Wildman–Crippen LogP) is 2.99. The van der Waals surface area contributed by atoms with E-state index in [-0.39, 0.29) is 0 Å². The molecule has 0 atom stereocenters. The maximum absolute atomic E-state index is 5.95. The van der Waals surface area contributed by atoms with Crippen molar-refractivity contribution in [3.8, 4) is 11.5 Å². The molecule has 0 bridgehead atoms. The van der Waals surface area contributed by atoms with Crippen molar-refractivity contribution in [2.24, 2.45) is 0 Å². The summed E-state index contributed by atoms with van der Waals surface area (Å²) in [6.07, 6.45) is 1.75. The smallest absolute Gasteiger partial charge is 0.204 e. The molecular weight excluding hydrogens is 274 g/mol. The van der Waals surface area contributed by atoms with Gasteiger partial charge in [0, 0.05) is 11.6 Å². The maximum atomic E-state index is 5.95. The number of hydrogen-bond donors (Lipinski definition) is 0. The summed E-state index contributed by atoms with van der Waals surface area (Å²) >= 11 is 5.95. The predicted molar refractivity (Wildman–Crippen MR) is 76.5 cm³/mol. The van der Waals surface area contributed by atoms with Crippen LogP contribution in [0.4, 0.5) is 0 Å². The third-order valence-electron chi connectivity index (χ3n) is 3.12. The average Bonchev–Trinajstić information content (AvgIpc) is 2.89. The van der Waals surface area contributed by atoms with Gasteiger partial charge in [-0.2, -0.15) is 9.61 Å². The molecule has 1 aromatic carbocycles. The highest BCUT2D eigenvalue weighted by Crippen LogP contribution is 2.25. The molecule has 0 aliphatic carbocycles. The van der Waals surface area contributed by atoms with Crippen molar-refractivity contribution in [2.45, 2.75) is 0 Å². The largest absolute Gasteiger partial charge is 0.252 e. The first kappa shape index (κ1) is 11.3. The van der Waals surface area contributed by atoms with Gasteiger partial charge in [0.25, 0.3) is 0 Å². The Morgan fingerprint density at radius 3 is 2.80 bits per heavy atom. The first-order chi connectivity index (χ1) is 9.83. The third-order valence-corrected chi connectivity index (χ3v) is 3.32. The Balaban J connectivity index is 2.09. The van der Waals surface area contributed by atoms with E-state index in [0.717, 1.165) is 16.5 Å². The summed E-state index contributed by atoms with van der Waals surface area (Å²) in [4.78, 5) is 4.42. The molecule has 3 heterocycles. The molecule has 4 rings (SSSR count). The van der Waals surface area contributed by atoms with Crippen LogP contribution >= 0.6 is 11.6 Å². The summed E-state index contributed by atoms with van der Waals surface area (Å²) < 4.78 is 1.61. The van der Waals surface area contributed by atoms with Crippen LogP contribution in [0, 0.1) is 0 Å². The molecule has 0 unspecified atom stereocenters. The quantitative estimate of drug-likeness (QED) is 0.538. The molecule has 3 aromatic heterocycles. The lowest BCUT2D eigenvalue weighted by molar-refractivity contribution is 0.932. The molecule has 0 amide bonds. The Kier molecular flexibility index (Phi) is 2.40. The van der Waals surface area contributed by atoms with E-state index in [4.69, 9.17) is 11.6 Å². The number of hydrogen-bond acceptors (Lipinski definition) is 4. The molecule has 0 spiro atoms. The minimum atomic E-state index is 0.388. The molecule has 0 saturated carbocycles. The van der Waals surface area contributed by atoms with Gasteiger partial charge >= 0.3 is 0 Å². The standard InChI is InChI=1S/C14H8ClN5/c15-11-5-6-12-17-18-14(20(12)19-11)13-10-4-2-1-3-9(10)7-8-16-13/h1-8H. The van der Waals surface area contributed by atoms with Gasteiger partial charge in [0.15, 0.2) is 5.65 Å². The SMILES string of the molecule is Clc1ccc2nnc(-c3nccc4ccccc34)n2n1. The number of nitrogens with zero attached hydrogens (tertiary/aromatic N) is 5. The van der Waals surface area contributed by atoms with E-state index >= 15 is 0 Å². The number of rotatable bonds is 1. The zero-order chi connectivity index (χ0) is 13.5. The molecule has 20 heavy (non-hydrogen) atoms. The zero-order valence-corrected chi connectivity index (χ0v) is 11.0. The van der Waals surface area contributed by atoms with Crippen LogP contribution < -0.4 is 0 Å². The fraction of sp³-hybridized carbons (Fsp3) is 0. The first-order valence-electron chi connectivity index (χ1n) is 6.05. The molecular formula is C14H8ClN5. The summed E-state index contributed by atoms with van der Waals surface area (Å²) in [5, 5.41) is 15.0. The van der Waals surface area contributed by atoms with Crippen LogP contribution in [0.5, 0.6) is 0 Å². The van der Waals surface area contributed by atoms with Crippen LogP contribution in [0.1, 0.15) is 0 Å². The Morgan fingerprint density at radius 1 is 0.950 bits per heavy atom. The lowest BCUT2D eigenvalue weighted by atomic mass is 10.1. The Morgan fingerprint density at radius 2 is 1.85 bits per heavy atom. The van der Waals surface area contributed by atoms with Crippen molar-refractivity contribution in [1.29, 1.82) is 0 Å². The average molecular weight is 282 g/mol. The van der Waals surface area contributed by atoms with Gasteiger partial charge in [0.05, 0.1) is 0 Å². The molecule has 0 aliphatic rings. The highest BCUT2D eigenvalue weighted by molar-refractivity contribution is 6.29. The minimum Gasteiger partial charge on any atom is -0.252 e. The van der Waals surface area contributed by atoms with E-state index in [0.29, 0.717) is 16.6 Å². The van der Waals surface area contributed by atoms with Gasteiger partial charge in [-0.1, -0.05) is 35.9 Å². The van der Waals surface area contributed by atoms with Crippen molar-refractivity contribution in [2.75, 3.05) is 0 Å². The summed E-state index contributed by atoms with van der Waals surface area (Å²) in [6.45, 7) is 0. The van der Waals surface area contributed by atoms with E-state index in [2.05, 4.69) is 20.3 Å². The van der Waals surface area contributed by atoms with E-state index in [1.165, 1.54) is 0 Å². The van der Waals surface area contributed by atoms with E-state index in [1.807, 2.05) is 30.3 Å². The second-order valence-corrected chi connectivity index (χ2v) is 4.72. The van der Waals surface area contributed by atoms with Crippen LogP contribution in [0.2, 0.25) is 5.15 Å². The zero-order valence-electron chi connectivity index (χ0n) is 10.2. The highest BCUT2D eigenvalue weighted by atomic mass is 35.5. The topological polar surface area (TPSA) is 56.0 Å². The Hall–Kier alpha value is -2.53. The fourth-order valence-electron chi connectivity index (χ4n) is 2.21. The number of pyridine rings is 1. The number of fused-ring (bicyclic) bond motifs is 2. The van der Waals surface area contributed by atoms with Crippen LogP contribution in [-0.4, -0.2) is 24.8 Å². The van der Waals surface area contributed by atoms with E-state index in [1.54, 1.807) is 22.8 Å². The fourth-order valence-corrected chi connectivity index (χ4v) is 2.35. The monoisotopic (exact) mass is 281 g/mol. The molecule has 0 saturated heterocycles. The summed E-state index contributed by atoms with van der Waals surface area (Å²) in [7, 11) is 0. The van der Waals surface area contributed by atoms with Gasteiger partial charge in [0.2, 0.25) is 5.82 Å². The van der Waals surface area contributed by atoms with Gasteiger partial charge in [-0.3, -0.25) is 4.98 Å². The van der Waals surface area contributed by atoms with Crippen LogP contribution in [0.15, 0.2) is 48.7 Å². The first-order valence-corrected chi connectivity index (χ1v) is 6.43. The van der Waals surface area contributed by atoms with Gasteiger partial charge in [-0.15, -0.1) is 10.2 Å². The summed E-state index contributed by atoms with van der Waals surface area (Å²) in [6, 6.07) is 13.4. The molecule has 4 aromatic rings. The molecule has 0 fully saturated rings. The maximum Gasteiger partial charge on any atom is 0.204 e. The van der Waals surface area contributed by atoms with Gasteiger partial charge in [-0.05, 0) is 23.6 Å². The Bertz CT molecular complexity index is 926. The highest BCUT2D eigenvalue weighted by Gasteiger charge is 2.13. The van der Waals surface area contributed by atoms with Crippen molar-refractivity contribution in [1.82, 2.24) is 24.8 Å². The lowest BCUT2D eigenvalue weighted by Gasteiger charge is -2.03. The van der Waals surface area contributed by atoms with Gasteiger partial charge < -0.3 is 0 Å². The number of halogens is 1. The van der Waals surface area contributed by atoms with Gasteiger partial charge in [-0.25, -0.2) is 0 Å². The van der Waals surface area contributed by atoms with Crippen LogP contribution in [0.25, 0.3) is 27.9 Å². The molecule has 0 N–H and O–H groups in total. The van der Waals surface area contributed by atoms with Crippen molar-refractivity contribution >= 4 is 28.0 Å². The number of benzene rings is 1. The summed E-state index contributed by atoms with van der Waals surface area (Å²) in [5.41, 5.74) is 1.38. The second kappa shape index (κ2) is 4.25. The molecule has 5 nitrogen and oxygen atoms in total. The number of aromatic nitrogens is 5. The molecule has 0 aliphatic heterocycles. The van der Waals surface area contributed by atoms with E-state index < -0.39 is 0 Å². The van der Waals surface area contributed by atoms with Crippen molar-refractivity contribution in [3.63, 3.8) is 0 Å². The minimum absolute atomic E-state index is 0.388. The molecule has 6 heteroatoms. The third kappa shape index (κ3) is 1.64. The Labute approximate surface area is 118 Å². The van der Waals surface area contributed by atoms with Crippen molar-refractivity contribution < 1.29 is 0 Å². The lowest BCUT2D eigenvalue weighted by Crippen LogP contribution is -1.97. The van der Waals surface area contributed by atoms with Gasteiger partial charge in [0.1, 0.15) is 10.8 Å². The molecule has 0 radical (unpaired) electrons. The van der Waals surface area contributed by atoms with Crippen LogP contribution in [0.3, 0.4) is 0 Å². The summed E-state index contributed by atoms with van der Waals surface area (Å²) in [5.74, 6) is 0.583.